The smallest absolute Gasteiger partial charge is 0.374 e. The molecule has 0 aromatic heterocycles. The number of nitrogens with zero attached hydrogens (tertiary/aromatic N) is 1. The number of rotatable bonds is 5. The molecule has 1 heterocycles. The maximum atomic E-state index is 12.2. The van der Waals surface area contributed by atoms with E-state index in [4.69, 9.17) is 4.74 Å². The van der Waals surface area contributed by atoms with E-state index in [1.54, 1.807) is 12.1 Å². The molecule has 0 radical (unpaired) electrons. The predicted molar refractivity (Wildman–Crippen MR) is 77.3 cm³/mol. The highest BCUT2D eigenvalue weighted by atomic mass is 32.2. The van der Waals surface area contributed by atoms with Crippen molar-refractivity contribution in [1.82, 2.24) is 10.2 Å². The molecule has 1 saturated heterocycles. The maximum absolute atomic E-state index is 12.2. The van der Waals surface area contributed by atoms with Crippen LogP contribution in [0.3, 0.4) is 0 Å². The Morgan fingerprint density at radius 2 is 2.05 bits per heavy atom. The number of nitrogens with one attached hydrogen (secondary N) is 1. The highest BCUT2D eigenvalue weighted by molar-refractivity contribution is 8.00. The zero-order valence-electron chi connectivity index (χ0n) is 11.8. The van der Waals surface area contributed by atoms with Crippen LogP contribution >= 0.6 is 11.8 Å². The first-order chi connectivity index (χ1) is 9.92. The Hall–Kier alpha value is -0.760. The lowest BCUT2D eigenvalue weighted by Gasteiger charge is -2.30. The Bertz CT molecular complexity index is 439. The topological polar surface area (TPSA) is 24.5 Å². The average molecular weight is 320 g/mol. The standard InChI is InChI=1S/C14H19F3N2OS/c1-19-6-7-20-12(10-19)9-18-8-11-2-4-13(5-3-11)21-14(15,16)17/h2-5,12,18H,6-10H2,1H3. The molecule has 0 bridgehead atoms. The van der Waals surface area contributed by atoms with Gasteiger partial charge in [-0.1, -0.05) is 12.1 Å². The summed E-state index contributed by atoms with van der Waals surface area (Å²) >= 11 is -0.0897. The molecule has 0 saturated carbocycles. The third-order valence-electron chi connectivity index (χ3n) is 3.20. The molecule has 1 unspecified atom stereocenters. The number of alkyl halides is 3. The van der Waals surface area contributed by atoms with Crippen LogP contribution in [-0.2, 0) is 11.3 Å². The van der Waals surface area contributed by atoms with Crippen LogP contribution in [0.1, 0.15) is 5.56 Å². The number of halogens is 3. The summed E-state index contributed by atoms with van der Waals surface area (Å²) in [6.45, 7) is 3.96. The summed E-state index contributed by atoms with van der Waals surface area (Å²) in [7, 11) is 2.06. The molecular weight excluding hydrogens is 301 g/mol. The van der Waals surface area contributed by atoms with Crippen molar-refractivity contribution in [1.29, 1.82) is 0 Å². The quantitative estimate of drug-likeness (QED) is 0.843. The van der Waals surface area contributed by atoms with E-state index < -0.39 is 5.51 Å². The highest BCUT2D eigenvalue weighted by Gasteiger charge is 2.28. The van der Waals surface area contributed by atoms with Gasteiger partial charge in [0.05, 0.1) is 12.7 Å². The van der Waals surface area contributed by atoms with Gasteiger partial charge in [0, 0.05) is 31.1 Å². The minimum absolute atomic E-state index is 0.0897. The lowest BCUT2D eigenvalue weighted by Crippen LogP contribution is -2.44. The van der Waals surface area contributed by atoms with E-state index in [0.717, 1.165) is 31.8 Å². The van der Waals surface area contributed by atoms with Crippen LogP contribution < -0.4 is 5.32 Å². The summed E-state index contributed by atoms with van der Waals surface area (Å²) in [4.78, 5) is 2.43. The minimum atomic E-state index is -4.23. The fourth-order valence-electron chi connectivity index (χ4n) is 2.18. The van der Waals surface area contributed by atoms with Crippen molar-refractivity contribution in [2.24, 2.45) is 0 Å². The van der Waals surface area contributed by atoms with E-state index in [1.807, 2.05) is 0 Å². The van der Waals surface area contributed by atoms with Crippen molar-refractivity contribution >= 4 is 11.8 Å². The lowest BCUT2D eigenvalue weighted by molar-refractivity contribution is -0.0328. The number of benzene rings is 1. The summed E-state index contributed by atoms with van der Waals surface area (Å²) in [5.74, 6) is 0. The van der Waals surface area contributed by atoms with Crippen LogP contribution in [-0.4, -0.2) is 49.8 Å². The Balaban J connectivity index is 1.73. The van der Waals surface area contributed by atoms with E-state index in [1.165, 1.54) is 12.1 Å². The zero-order valence-corrected chi connectivity index (χ0v) is 12.6. The minimum Gasteiger partial charge on any atom is -0.374 e. The molecule has 118 valence electrons. The second-order valence-corrected chi connectivity index (χ2v) is 6.22. The fraction of sp³-hybridized carbons (Fsp3) is 0.571. The van der Waals surface area contributed by atoms with Crippen LogP contribution in [0.5, 0.6) is 0 Å². The van der Waals surface area contributed by atoms with Crippen LogP contribution in [0.2, 0.25) is 0 Å². The highest BCUT2D eigenvalue weighted by Crippen LogP contribution is 2.36. The van der Waals surface area contributed by atoms with E-state index >= 15 is 0 Å². The van der Waals surface area contributed by atoms with Gasteiger partial charge in [-0.25, -0.2) is 0 Å². The van der Waals surface area contributed by atoms with Gasteiger partial charge in [-0.05, 0) is 36.5 Å². The lowest BCUT2D eigenvalue weighted by atomic mass is 10.2. The van der Waals surface area contributed by atoms with Crippen molar-refractivity contribution in [3.05, 3.63) is 29.8 Å². The monoisotopic (exact) mass is 320 g/mol. The fourth-order valence-corrected chi connectivity index (χ4v) is 2.72. The predicted octanol–water partition coefficient (Wildman–Crippen LogP) is 2.72. The first-order valence-electron chi connectivity index (χ1n) is 6.78. The van der Waals surface area contributed by atoms with E-state index in [9.17, 15) is 13.2 Å². The number of likely N-dealkylation sites (N-methyl/N-ethyl adjacent to an activating group) is 1. The second-order valence-electron chi connectivity index (χ2n) is 5.08. The van der Waals surface area contributed by atoms with Gasteiger partial charge in [0.25, 0.3) is 0 Å². The molecule has 0 aliphatic carbocycles. The number of morpholine rings is 1. The summed E-state index contributed by atoms with van der Waals surface area (Å²) in [6, 6.07) is 6.43. The van der Waals surface area contributed by atoms with Gasteiger partial charge >= 0.3 is 5.51 Å². The normalized spacial score (nSPS) is 20.7. The number of hydrogen-bond donors (Lipinski definition) is 1. The molecule has 1 aliphatic heterocycles. The molecule has 1 atom stereocenters. The van der Waals surface area contributed by atoms with Crippen molar-refractivity contribution < 1.29 is 17.9 Å². The molecule has 0 amide bonds. The maximum Gasteiger partial charge on any atom is 0.446 e. The van der Waals surface area contributed by atoms with Crippen molar-refractivity contribution in [3.63, 3.8) is 0 Å². The Morgan fingerprint density at radius 3 is 2.67 bits per heavy atom. The molecule has 1 fully saturated rings. The number of hydrogen-bond acceptors (Lipinski definition) is 4. The molecule has 0 spiro atoms. The van der Waals surface area contributed by atoms with Gasteiger partial charge in [-0.15, -0.1) is 0 Å². The SMILES string of the molecule is CN1CCOC(CNCc2ccc(SC(F)(F)F)cc2)C1. The molecule has 3 nitrogen and oxygen atoms in total. The van der Waals surface area contributed by atoms with Gasteiger partial charge in [-0.3, -0.25) is 0 Å². The molecule has 2 rings (SSSR count). The van der Waals surface area contributed by atoms with Crippen LogP contribution in [0, 0.1) is 0 Å². The first-order valence-corrected chi connectivity index (χ1v) is 7.59. The van der Waals surface area contributed by atoms with Crippen molar-refractivity contribution in [3.8, 4) is 0 Å². The molecule has 1 aromatic carbocycles. The van der Waals surface area contributed by atoms with E-state index in [0.29, 0.717) is 6.54 Å². The van der Waals surface area contributed by atoms with Crippen LogP contribution in [0.25, 0.3) is 0 Å². The molecule has 1 N–H and O–H groups in total. The Labute approximate surface area is 126 Å². The Morgan fingerprint density at radius 1 is 1.33 bits per heavy atom. The molecule has 1 aromatic rings. The summed E-state index contributed by atoms with van der Waals surface area (Å²) in [5.41, 5.74) is -3.27. The van der Waals surface area contributed by atoms with Gasteiger partial charge < -0.3 is 15.0 Å². The molecule has 7 heteroatoms. The van der Waals surface area contributed by atoms with Gasteiger partial charge in [-0.2, -0.15) is 13.2 Å². The van der Waals surface area contributed by atoms with Gasteiger partial charge in [0.15, 0.2) is 0 Å². The second kappa shape index (κ2) is 7.49. The van der Waals surface area contributed by atoms with Crippen LogP contribution in [0.4, 0.5) is 13.2 Å². The average Bonchev–Trinajstić information content (AvgIpc) is 2.39. The largest absolute Gasteiger partial charge is 0.446 e. The summed E-state index contributed by atoms with van der Waals surface area (Å²) < 4.78 is 42.3. The van der Waals surface area contributed by atoms with Crippen LogP contribution in [0.15, 0.2) is 29.2 Å². The van der Waals surface area contributed by atoms with Gasteiger partial charge in [0.2, 0.25) is 0 Å². The summed E-state index contributed by atoms with van der Waals surface area (Å²) in [5, 5.41) is 3.28. The van der Waals surface area contributed by atoms with Gasteiger partial charge in [0.1, 0.15) is 0 Å². The third kappa shape index (κ3) is 6.25. The van der Waals surface area contributed by atoms with E-state index in [-0.39, 0.29) is 22.8 Å². The molecule has 1 aliphatic rings. The number of thioether (sulfide) groups is 1. The molecular formula is C14H19F3N2OS. The Kier molecular flexibility index (Phi) is 5.92. The number of ether oxygens (including phenoxy) is 1. The first kappa shape index (κ1) is 16.6. The third-order valence-corrected chi connectivity index (χ3v) is 3.94. The zero-order chi connectivity index (χ0) is 15.3. The summed E-state index contributed by atoms with van der Waals surface area (Å²) in [6.07, 6.45) is 0.170. The molecule has 21 heavy (non-hydrogen) atoms. The van der Waals surface area contributed by atoms with E-state index in [2.05, 4.69) is 17.3 Å². The van der Waals surface area contributed by atoms with Crippen molar-refractivity contribution in [2.75, 3.05) is 33.3 Å². The van der Waals surface area contributed by atoms with Crippen molar-refractivity contribution in [2.45, 2.75) is 23.1 Å².